The van der Waals surface area contributed by atoms with E-state index in [2.05, 4.69) is 210 Å². The molecule has 0 radical (unpaired) electrons. The van der Waals surface area contributed by atoms with E-state index in [1.54, 1.807) is 0 Å². The minimum Gasteiger partial charge on any atom is -0.456 e. The monoisotopic (exact) mass is 818 g/mol. The Kier molecular flexibility index (Phi) is 7.94. The SMILES string of the molecule is Cc1cc2c3c(c1)N(c1ccc(-c4cccc5c4sc4ccccc45)cc1)c1cc(C(C)(C)C)ccc1B3c1cc(C(C)(C)C)ccc1N2c1ccc2c(c1)oc1ccccc12. The van der Waals surface area contributed by atoms with Crippen LogP contribution in [0.5, 0.6) is 0 Å². The van der Waals surface area contributed by atoms with Gasteiger partial charge in [-0.05, 0) is 123 Å². The van der Waals surface area contributed by atoms with Crippen molar-refractivity contribution in [1.82, 2.24) is 0 Å². The van der Waals surface area contributed by atoms with Gasteiger partial charge in [-0.15, -0.1) is 11.3 Å². The average Bonchev–Trinajstić information content (AvgIpc) is 3.83. The number of anilines is 6. The fourth-order valence-corrected chi connectivity index (χ4v) is 11.5. The van der Waals surface area contributed by atoms with Crippen LogP contribution < -0.4 is 26.2 Å². The molecule has 2 aliphatic heterocycles. The van der Waals surface area contributed by atoms with Crippen molar-refractivity contribution < 1.29 is 4.42 Å². The summed E-state index contributed by atoms with van der Waals surface area (Å²) in [5, 5.41) is 4.93. The molecular weight excluding hydrogens is 772 g/mol. The molecule has 2 aromatic heterocycles. The molecule has 300 valence electrons. The average molecular weight is 819 g/mol. The molecule has 0 unspecified atom stereocenters. The molecule has 0 amide bonds. The molecule has 0 bridgehead atoms. The number of nitrogens with zero attached hydrogens (tertiary/aromatic N) is 2. The molecule has 0 fully saturated rings. The summed E-state index contributed by atoms with van der Waals surface area (Å²) in [5.74, 6) is 0. The molecule has 8 aromatic carbocycles. The predicted molar refractivity (Wildman–Crippen MR) is 268 cm³/mol. The van der Waals surface area contributed by atoms with Gasteiger partial charge in [-0.25, -0.2) is 0 Å². The van der Waals surface area contributed by atoms with Gasteiger partial charge in [0, 0.05) is 71.1 Å². The number of aryl methyl sites for hydroxylation is 1. The van der Waals surface area contributed by atoms with E-state index in [1.807, 2.05) is 17.4 Å². The van der Waals surface area contributed by atoms with Gasteiger partial charge in [0.2, 0.25) is 0 Å². The summed E-state index contributed by atoms with van der Waals surface area (Å²) in [4.78, 5) is 5.05. The third kappa shape index (κ3) is 5.57. The van der Waals surface area contributed by atoms with Crippen LogP contribution in [0.1, 0.15) is 58.2 Å². The number of furan rings is 1. The summed E-state index contributed by atoms with van der Waals surface area (Å²) in [6.45, 7) is 16.2. The Balaban J connectivity index is 1.10. The number of fused-ring (bicyclic) bond motifs is 10. The Labute approximate surface area is 367 Å². The molecular formula is C57H47BN2OS. The molecule has 62 heavy (non-hydrogen) atoms. The van der Waals surface area contributed by atoms with E-state index in [0.29, 0.717) is 0 Å². The zero-order valence-corrected chi connectivity index (χ0v) is 37.1. The molecule has 0 N–H and O–H groups in total. The first-order valence-corrected chi connectivity index (χ1v) is 22.7. The van der Waals surface area contributed by atoms with Crippen LogP contribution in [-0.2, 0) is 10.8 Å². The summed E-state index contributed by atoms with van der Waals surface area (Å²) in [7, 11) is 0. The maximum Gasteiger partial charge on any atom is 0.252 e. The lowest BCUT2D eigenvalue weighted by Gasteiger charge is -2.45. The van der Waals surface area contributed by atoms with Crippen LogP contribution in [-0.4, -0.2) is 6.71 Å². The number of thiophene rings is 1. The van der Waals surface area contributed by atoms with E-state index in [-0.39, 0.29) is 17.5 Å². The van der Waals surface area contributed by atoms with Crippen molar-refractivity contribution in [3.63, 3.8) is 0 Å². The molecule has 0 saturated heterocycles. The summed E-state index contributed by atoms with van der Waals surface area (Å²) in [6.07, 6.45) is 0. The Hall–Kier alpha value is -6.56. The number of hydrogen-bond donors (Lipinski definition) is 0. The largest absolute Gasteiger partial charge is 0.456 e. The maximum absolute atomic E-state index is 6.53. The topological polar surface area (TPSA) is 19.6 Å². The van der Waals surface area contributed by atoms with Crippen LogP contribution in [0, 0.1) is 6.92 Å². The van der Waals surface area contributed by atoms with Gasteiger partial charge in [-0.2, -0.15) is 0 Å². The first-order valence-electron chi connectivity index (χ1n) is 21.9. The van der Waals surface area contributed by atoms with Gasteiger partial charge in [0.25, 0.3) is 6.71 Å². The van der Waals surface area contributed by atoms with Crippen molar-refractivity contribution in [1.29, 1.82) is 0 Å². The minimum atomic E-state index is -0.0263. The van der Waals surface area contributed by atoms with Gasteiger partial charge in [-0.1, -0.05) is 133 Å². The fourth-order valence-electron chi connectivity index (χ4n) is 10.2. The van der Waals surface area contributed by atoms with Gasteiger partial charge >= 0.3 is 0 Å². The standard InChI is InChI=1S/C57H47BN2OS/c1-34-29-49-54-50(30-34)60(39-25-26-42-41-13-8-10-17-51(41)61-52(42)33-39)47-28-22-36(56(2,3)4)31-46(47)58(54)45-27-21-37(57(5,6)7)32-48(45)59(49)38-23-19-35(20-24-38)40-15-12-16-44-43-14-9-11-18-53(43)62-55(40)44/h8-33H,1-7H3. The van der Waals surface area contributed by atoms with Crippen molar-refractivity contribution in [3.05, 3.63) is 174 Å². The zero-order chi connectivity index (χ0) is 42.2. The highest BCUT2D eigenvalue weighted by Gasteiger charge is 2.44. The number of rotatable bonds is 3. The number of benzene rings is 8. The van der Waals surface area contributed by atoms with Gasteiger partial charge < -0.3 is 14.2 Å². The van der Waals surface area contributed by atoms with Crippen molar-refractivity contribution in [2.24, 2.45) is 0 Å². The Morgan fingerprint density at radius 3 is 1.90 bits per heavy atom. The van der Waals surface area contributed by atoms with Gasteiger partial charge in [0.05, 0.1) is 0 Å². The van der Waals surface area contributed by atoms with Gasteiger partial charge in [0.1, 0.15) is 11.2 Å². The normalized spacial score (nSPS) is 13.6. The molecule has 0 spiro atoms. The second-order valence-corrected chi connectivity index (χ2v) is 20.5. The third-order valence-electron chi connectivity index (χ3n) is 13.4. The first-order chi connectivity index (χ1) is 29.9. The lowest BCUT2D eigenvalue weighted by molar-refractivity contribution is 0.590. The third-order valence-corrected chi connectivity index (χ3v) is 14.6. The molecule has 2 aliphatic rings. The molecule has 0 aliphatic carbocycles. The van der Waals surface area contributed by atoms with E-state index < -0.39 is 0 Å². The Morgan fingerprint density at radius 1 is 0.484 bits per heavy atom. The molecule has 5 heteroatoms. The fraction of sp³-hybridized carbons (Fsp3) is 0.158. The molecule has 0 saturated carbocycles. The van der Waals surface area contributed by atoms with Crippen molar-refractivity contribution in [2.45, 2.75) is 59.3 Å². The van der Waals surface area contributed by atoms with Crippen LogP contribution in [0.15, 0.2) is 162 Å². The lowest BCUT2D eigenvalue weighted by atomic mass is 9.33. The van der Waals surface area contributed by atoms with E-state index in [4.69, 9.17) is 4.42 Å². The van der Waals surface area contributed by atoms with Gasteiger partial charge in [-0.3, -0.25) is 0 Å². The first kappa shape index (κ1) is 37.2. The van der Waals surface area contributed by atoms with E-state index in [1.165, 1.54) is 87.1 Å². The Morgan fingerprint density at radius 2 is 1.13 bits per heavy atom. The summed E-state index contributed by atoms with van der Waals surface area (Å²) in [5.41, 5.74) is 19.3. The highest BCUT2D eigenvalue weighted by atomic mass is 32.1. The Bertz CT molecular complexity index is 3470. The van der Waals surface area contributed by atoms with Crippen LogP contribution in [0.4, 0.5) is 34.1 Å². The minimum absolute atomic E-state index is 0.0228. The van der Waals surface area contributed by atoms with Crippen LogP contribution >= 0.6 is 11.3 Å². The van der Waals surface area contributed by atoms with Crippen LogP contribution in [0.3, 0.4) is 0 Å². The highest BCUT2D eigenvalue weighted by molar-refractivity contribution is 7.26. The lowest BCUT2D eigenvalue weighted by Crippen LogP contribution is -2.61. The second-order valence-electron chi connectivity index (χ2n) is 19.5. The molecule has 0 atom stereocenters. The quantitative estimate of drug-likeness (QED) is 0.166. The van der Waals surface area contributed by atoms with Crippen molar-refractivity contribution in [3.8, 4) is 11.1 Å². The molecule has 4 heterocycles. The summed E-state index contributed by atoms with van der Waals surface area (Å²) >= 11 is 1.89. The van der Waals surface area contributed by atoms with Crippen LogP contribution in [0.2, 0.25) is 0 Å². The number of para-hydroxylation sites is 1. The highest BCUT2D eigenvalue weighted by Crippen LogP contribution is 2.47. The smallest absolute Gasteiger partial charge is 0.252 e. The molecule has 12 rings (SSSR count). The van der Waals surface area contributed by atoms with E-state index >= 15 is 0 Å². The van der Waals surface area contributed by atoms with Crippen LogP contribution in [0.25, 0.3) is 53.2 Å². The van der Waals surface area contributed by atoms with E-state index in [9.17, 15) is 0 Å². The maximum atomic E-state index is 6.53. The molecule has 10 aromatic rings. The summed E-state index contributed by atoms with van der Waals surface area (Å²) < 4.78 is 9.19. The van der Waals surface area contributed by atoms with Gasteiger partial charge in [0.15, 0.2) is 0 Å². The zero-order valence-electron chi connectivity index (χ0n) is 36.3. The van der Waals surface area contributed by atoms with E-state index in [0.717, 1.165) is 33.3 Å². The van der Waals surface area contributed by atoms with Crippen molar-refractivity contribution >= 4 is 111 Å². The number of hydrogen-bond acceptors (Lipinski definition) is 4. The molecule has 3 nitrogen and oxygen atoms in total. The predicted octanol–water partition coefficient (Wildman–Crippen LogP) is 14.6. The van der Waals surface area contributed by atoms with Crippen molar-refractivity contribution in [2.75, 3.05) is 9.80 Å². The second kappa shape index (κ2) is 13.2. The summed E-state index contributed by atoms with van der Waals surface area (Å²) in [6, 6.07) is 59.3.